The van der Waals surface area contributed by atoms with E-state index >= 15 is 0 Å². The predicted octanol–water partition coefficient (Wildman–Crippen LogP) is 2.46. The highest BCUT2D eigenvalue weighted by Crippen LogP contribution is 2.26. The Hall–Kier alpha value is -1.07. The van der Waals surface area contributed by atoms with Crippen LogP contribution in [0.4, 0.5) is 5.69 Å². The van der Waals surface area contributed by atoms with E-state index in [4.69, 9.17) is 0 Å². The maximum absolute atomic E-state index is 10.4. The zero-order chi connectivity index (χ0) is 11.4. The van der Waals surface area contributed by atoms with Crippen LogP contribution in [0, 0.1) is 10.1 Å². The van der Waals surface area contributed by atoms with Gasteiger partial charge in [-0.25, -0.2) is 0 Å². The first kappa shape index (κ1) is 12.0. The van der Waals surface area contributed by atoms with Gasteiger partial charge in [0.1, 0.15) is 0 Å². The molecule has 0 saturated heterocycles. The maximum atomic E-state index is 10.4. The number of nitro benzene ring substituents is 1. The number of hydrogen-bond acceptors (Lipinski definition) is 4. The van der Waals surface area contributed by atoms with Crippen LogP contribution in [-0.2, 0) is 0 Å². The summed E-state index contributed by atoms with van der Waals surface area (Å²) < 4.78 is 0. The third-order valence-corrected chi connectivity index (χ3v) is 3.36. The van der Waals surface area contributed by atoms with Crippen LogP contribution in [-0.4, -0.2) is 21.4 Å². The van der Waals surface area contributed by atoms with Crippen molar-refractivity contribution in [2.45, 2.75) is 30.1 Å². The van der Waals surface area contributed by atoms with E-state index in [0.717, 1.165) is 4.90 Å². The van der Waals surface area contributed by atoms with Crippen molar-refractivity contribution in [2.75, 3.05) is 0 Å². The number of rotatable bonds is 4. The first-order valence-electron chi connectivity index (χ1n) is 4.60. The van der Waals surface area contributed by atoms with Gasteiger partial charge in [-0.1, -0.05) is 6.92 Å². The average Bonchev–Trinajstić information content (AvgIpc) is 2.18. The van der Waals surface area contributed by atoms with Crippen LogP contribution in [0.3, 0.4) is 0 Å². The quantitative estimate of drug-likeness (QED) is 0.487. The summed E-state index contributed by atoms with van der Waals surface area (Å²) in [5.74, 6) is 0. The summed E-state index contributed by atoms with van der Waals surface area (Å²) in [4.78, 5) is 10.9. The van der Waals surface area contributed by atoms with Crippen LogP contribution in [0.1, 0.15) is 13.8 Å². The Morgan fingerprint density at radius 2 is 1.87 bits per heavy atom. The molecule has 0 radical (unpaired) electrons. The molecule has 5 heteroatoms. The first-order chi connectivity index (χ1) is 7.00. The molecule has 1 aromatic carbocycles. The Bertz CT molecular complexity index is 337. The van der Waals surface area contributed by atoms with Crippen LogP contribution in [0.2, 0.25) is 0 Å². The van der Waals surface area contributed by atoms with Crippen molar-refractivity contribution in [1.29, 1.82) is 0 Å². The van der Waals surface area contributed by atoms with Gasteiger partial charge in [-0.15, -0.1) is 11.8 Å². The van der Waals surface area contributed by atoms with Crippen LogP contribution in [0.25, 0.3) is 0 Å². The summed E-state index contributed by atoms with van der Waals surface area (Å²) in [6.45, 7) is 3.64. The van der Waals surface area contributed by atoms with E-state index in [0.29, 0.717) is 0 Å². The van der Waals surface area contributed by atoms with E-state index in [-0.39, 0.29) is 10.9 Å². The third kappa shape index (κ3) is 3.53. The van der Waals surface area contributed by atoms with E-state index in [1.807, 2.05) is 6.92 Å². The molecule has 0 spiro atoms. The monoisotopic (exact) mass is 227 g/mol. The van der Waals surface area contributed by atoms with Crippen molar-refractivity contribution in [3.63, 3.8) is 0 Å². The van der Waals surface area contributed by atoms with Gasteiger partial charge in [-0.05, 0) is 19.1 Å². The summed E-state index contributed by atoms with van der Waals surface area (Å²) >= 11 is 1.50. The summed E-state index contributed by atoms with van der Waals surface area (Å²) in [5.41, 5.74) is 0.0871. The van der Waals surface area contributed by atoms with Crippen molar-refractivity contribution < 1.29 is 10.0 Å². The Kier molecular flexibility index (Phi) is 4.11. The molecule has 0 amide bonds. The highest BCUT2D eigenvalue weighted by atomic mass is 32.2. The second-order valence-corrected chi connectivity index (χ2v) is 4.77. The normalized spacial score (nSPS) is 14.6. The fraction of sp³-hybridized carbons (Fsp3) is 0.400. The first-order valence-corrected chi connectivity index (χ1v) is 5.48. The van der Waals surface area contributed by atoms with E-state index in [9.17, 15) is 15.2 Å². The number of benzene rings is 1. The number of non-ortho nitro benzene ring substituents is 1. The SMILES string of the molecule is CC(O)C(C)Sc1ccc([N+](=O)[O-])cc1. The predicted molar refractivity (Wildman–Crippen MR) is 60.1 cm³/mol. The fourth-order valence-electron chi connectivity index (χ4n) is 0.960. The number of nitro groups is 1. The molecule has 1 aromatic rings. The van der Waals surface area contributed by atoms with Gasteiger partial charge >= 0.3 is 0 Å². The topological polar surface area (TPSA) is 63.4 Å². The third-order valence-electron chi connectivity index (χ3n) is 2.05. The summed E-state index contributed by atoms with van der Waals surface area (Å²) in [6, 6.07) is 6.33. The summed E-state index contributed by atoms with van der Waals surface area (Å²) in [7, 11) is 0. The standard InChI is InChI=1S/C10H13NO3S/c1-7(12)8(2)15-10-5-3-9(4-6-10)11(13)14/h3-8,12H,1-2H3. The lowest BCUT2D eigenvalue weighted by molar-refractivity contribution is -0.384. The van der Waals surface area contributed by atoms with Gasteiger partial charge in [-0.3, -0.25) is 10.1 Å². The molecule has 15 heavy (non-hydrogen) atoms. The van der Waals surface area contributed by atoms with Crippen LogP contribution < -0.4 is 0 Å². The lowest BCUT2D eigenvalue weighted by atomic mass is 10.3. The maximum Gasteiger partial charge on any atom is 0.269 e. The van der Waals surface area contributed by atoms with Gasteiger partial charge in [0, 0.05) is 22.3 Å². The van der Waals surface area contributed by atoms with Crippen LogP contribution in [0.15, 0.2) is 29.2 Å². The Morgan fingerprint density at radius 3 is 2.27 bits per heavy atom. The highest BCUT2D eigenvalue weighted by Gasteiger charge is 2.11. The molecular formula is C10H13NO3S. The van der Waals surface area contributed by atoms with Crippen molar-refractivity contribution in [3.8, 4) is 0 Å². The molecule has 1 N–H and O–H groups in total. The molecule has 4 nitrogen and oxygen atoms in total. The molecule has 0 bridgehead atoms. The van der Waals surface area contributed by atoms with Crippen LogP contribution in [0.5, 0.6) is 0 Å². The van der Waals surface area contributed by atoms with Crippen molar-refractivity contribution in [1.82, 2.24) is 0 Å². The molecular weight excluding hydrogens is 214 g/mol. The van der Waals surface area contributed by atoms with E-state index < -0.39 is 11.0 Å². The molecule has 82 valence electrons. The average molecular weight is 227 g/mol. The second kappa shape index (κ2) is 5.14. The minimum absolute atomic E-state index is 0.0754. The zero-order valence-corrected chi connectivity index (χ0v) is 9.40. The largest absolute Gasteiger partial charge is 0.392 e. The van der Waals surface area contributed by atoms with Crippen molar-refractivity contribution in [2.24, 2.45) is 0 Å². The number of aliphatic hydroxyl groups excluding tert-OH is 1. The Morgan fingerprint density at radius 1 is 1.33 bits per heavy atom. The van der Waals surface area contributed by atoms with Gasteiger partial charge in [0.15, 0.2) is 0 Å². The lowest BCUT2D eigenvalue weighted by Gasteiger charge is -2.13. The molecule has 0 aliphatic heterocycles. The molecule has 0 aromatic heterocycles. The summed E-state index contributed by atoms with van der Waals surface area (Å²) in [5, 5.41) is 19.8. The number of hydrogen-bond donors (Lipinski definition) is 1. The van der Waals surface area contributed by atoms with Gasteiger partial charge < -0.3 is 5.11 Å². The smallest absolute Gasteiger partial charge is 0.269 e. The van der Waals surface area contributed by atoms with E-state index in [1.165, 1.54) is 23.9 Å². The van der Waals surface area contributed by atoms with E-state index in [1.54, 1.807) is 19.1 Å². The molecule has 0 aliphatic carbocycles. The summed E-state index contributed by atoms with van der Waals surface area (Å²) in [6.07, 6.45) is -0.398. The molecule has 0 heterocycles. The van der Waals surface area contributed by atoms with Crippen molar-refractivity contribution in [3.05, 3.63) is 34.4 Å². The molecule has 2 atom stereocenters. The zero-order valence-electron chi connectivity index (χ0n) is 8.58. The number of nitrogens with zero attached hydrogens (tertiary/aromatic N) is 1. The van der Waals surface area contributed by atoms with Crippen LogP contribution >= 0.6 is 11.8 Å². The molecule has 1 rings (SSSR count). The number of aliphatic hydroxyl groups is 1. The molecule has 0 fully saturated rings. The number of thioether (sulfide) groups is 1. The molecule has 0 saturated carbocycles. The molecule has 2 unspecified atom stereocenters. The lowest BCUT2D eigenvalue weighted by Crippen LogP contribution is -2.14. The van der Waals surface area contributed by atoms with Crippen molar-refractivity contribution >= 4 is 17.4 Å². The Balaban J connectivity index is 2.68. The fourth-order valence-corrected chi connectivity index (χ4v) is 1.88. The minimum atomic E-state index is -0.424. The van der Waals surface area contributed by atoms with E-state index in [2.05, 4.69) is 0 Å². The highest BCUT2D eigenvalue weighted by molar-refractivity contribution is 8.00. The van der Waals surface area contributed by atoms with Gasteiger partial charge in [0.25, 0.3) is 5.69 Å². The Labute approximate surface area is 92.5 Å². The molecule has 0 aliphatic rings. The van der Waals surface area contributed by atoms with Gasteiger partial charge in [0.2, 0.25) is 0 Å². The second-order valence-electron chi connectivity index (χ2n) is 3.31. The minimum Gasteiger partial charge on any atom is -0.392 e. The van der Waals surface area contributed by atoms with Gasteiger partial charge in [-0.2, -0.15) is 0 Å². The van der Waals surface area contributed by atoms with Gasteiger partial charge in [0.05, 0.1) is 11.0 Å².